The Morgan fingerprint density at radius 2 is 1.86 bits per heavy atom. The Balaban J connectivity index is 1.93. The van der Waals surface area contributed by atoms with Crippen LogP contribution >= 0.6 is 11.8 Å². The molecule has 0 radical (unpaired) electrons. The zero-order chi connectivity index (χ0) is 15.1. The Morgan fingerprint density at radius 3 is 2.48 bits per heavy atom. The summed E-state index contributed by atoms with van der Waals surface area (Å²) in [6.07, 6.45) is 3.95. The van der Waals surface area contributed by atoms with Crippen molar-refractivity contribution in [2.45, 2.75) is 31.1 Å². The number of aliphatic carboxylic acids is 1. The first kappa shape index (κ1) is 15.9. The molecular formula is C16H21NO3S. The summed E-state index contributed by atoms with van der Waals surface area (Å²) in [7, 11) is 0. The highest BCUT2D eigenvalue weighted by atomic mass is 32.2. The van der Waals surface area contributed by atoms with Crippen molar-refractivity contribution in [1.82, 2.24) is 5.32 Å². The molecule has 21 heavy (non-hydrogen) atoms. The van der Waals surface area contributed by atoms with Crippen LogP contribution in [0.2, 0.25) is 0 Å². The van der Waals surface area contributed by atoms with E-state index >= 15 is 0 Å². The Morgan fingerprint density at radius 1 is 1.19 bits per heavy atom. The fraction of sp³-hybridized carbons (Fsp3) is 0.500. The molecule has 2 N–H and O–H groups in total. The first-order valence-corrected chi connectivity index (χ1v) is 8.44. The van der Waals surface area contributed by atoms with Crippen molar-refractivity contribution in [3.05, 3.63) is 35.9 Å². The van der Waals surface area contributed by atoms with E-state index in [9.17, 15) is 9.59 Å². The molecule has 114 valence electrons. The van der Waals surface area contributed by atoms with Gasteiger partial charge >= 0.3 is 5.97 Å². The second kappa shape index (κ2) is 7.50. The van der Waals surface area contributed by atoms with Gasteiger partial charge in [0, 0.05) is 12.3 Å². The van der Waals surface area contributed by atoms with Gasteiger partial charge in [-0.2, -0.15) is 0 Å². The van der Waals surface area contributed by atoms with Gasteiger partial charge in [0.05, 0.1) is 11.2 Å². The van der Waals surface area contributed by atoms with Crippen molar-refractivity contribution < 1.29 is 14.7 Å². The number of nitrogens with one attached hydrogen (secondary N) is 1. The van der Waals surface area contributed by atoms with Crippen molar-refractivity contribution >= 4 is 23.6 Å². The van der Waals surface area contributed by atoms with E-state index < -0.39 is 11.4 Å². The maximum Gasteiger partial charge on any atom is 0.313 e. The number of carboxylic acid groups (broad SMARTS) is 1. The predicted molar refractivity (Wildman–Crippen MR) is 84.6 cm³/mol. The zero-order valence-electron chi connectivity index (χ0n) is 12.0. The summed E-state index contributed by atoms with van der Waals surface area (Å²) in [5, 5.41) is 11.6. The number of carbonyl (C=O) groups excluding carboxylic acids is 1. The molecule has 1 saturated carbocycles. The van der Waals surface area contributed by atoms with Crippen LogP contribution in [0.5, 0.6) is 0 Å². The van der Waals surface area contributed by atoms with Gasteiger partial charge in [-0.15, -0.1) is 11.8 Å². The summed E-state index contributed by atoms with van der Waals surface area (Å²) in [5.74, 6) is -0.0206. The van der Waals surface area contributed by atoms with E-state index in [4.69, 9.17) is 5.11 Å². The van der Waals surface area contributed by atoms with Gasteiger partial charge < -0.3 is 10.4 Å². The Bertz CT molecular complexity index is 484. The maximum absolute atomic E-state index is 12.6. The number of thioether (sulfide) groups is 1. The first-order valence-electron chi connectivity index (χ1n) is 7.28. The van der Waals surface area contributed by atoms with Crippen molar-refractivity contribution in [2.24, 2.45) is 0 Å². The number of carboxylic acids is 1. The molecular weight excluding hydrogens is 286 g/mol. The van der Waals surface area contributed by atoms with E-state index in [1.807, 2.05) is 30.3 Å². The van der Waals surface area contributed by atoms with Gasteiger partial charge in [-0.3, -0.25) is 9.59 Å². The number of hydrogen-bond acceptors (Lipinski definition) is 3. The third-order valence-electron chi connectivity index (χ3n) is 3.98. The molecule has 1 fully saturated rings. The topological polar surface area (TPSA) is 66.4 Å². The molecule has 1 amide bonds. The molecule has 0 atom stereocenters. The highest BCUT2D eigenvalue weighted by Gasteiger charge is 2.42. The van der Waals surface area contributed by atoms with Crippen LogP contribution in [0.1, 0.15) is 31.2 Å². The SMILES string of the molecule is O=C(O)CSCCNC(=O)C1(c2ccccc2)CCCC1. The number of benzene rings is 1. The first-order chi connectivity index (χ1) is 10.1. The van der Waals surface area contributed by atoms with Gasteiger partial charge in [0.15, 0.2) is 0 Å². The minimum absolute atomic E-state index is 0.0830. The molecule has 2 rings (SSSR count). The van der Waals surface area contributed by atoms with E-state index in [0.29, 0.717) is 12.3 Å². The van der Waals surface area contributed by atoms with E-state index in [0.717, 1.165) is 31.2 Å². The highest BCUT2D eigenvalue weighted by molar-refractivity contribution is 7.99. The molecule has 1 aliphatic carbocycles. The monoisotopic (exact) mass is 307 g/mol. The maximum atomic E-state index is 12.6. The normalized spacial score (nSPS) is 16.6. The van der Waals surface area contributed by atoms with Crippen LogP contribution in [0.15, 0.2) is 30.3 Å². The van der Waals surface area contributed by atoms with Gasteiger partial charge in [0.1, 0.15) is 0 Å². The predicted octanol–water partition coefficient (Wildman–Crippen LogP) is 2.43. The minimum Gasteiger partial charge on any atom is -0.481 e. The van der Waals surface area contributed by atoms with E-state index in [1.54, 1.807) is 0 Å². The summed E-state index contributed by atoms with van der Waals surface area (Å²) in [5.41, 5.74) is 0.705. The van der Waals surface area contributed by atoms with E-state index in [-0.39, 0.29) is 11.7 Å². The van der Waals surface area contributed by atoms with Gasteiger partial charge in [-0.05, 0) is 18.4 Å². The van der Waals surface area contributed by atoms with Gasteiger partial charge in [-0.25, -0.2) is 0 Å². The van der Waals surface area contributed by atoms with E-state index in [1.165, 1.54) is 11.8 Å². The van der Waals surface area contributed by atoms with Crippen molar-refractivity contribution in [1.29, 1.82) is 0 Å². The van der Waals surface area contributed by atoms with Crippen LogP contribution in [0.25, 0.3) is 0 Å². The molecule has 1 aromatic rings. The second-order valence-electron chi connectivity index (χ2n) is 5.36. The molecule has 0 heterocycles. The molecule has 0 bridgehead atoms. The Kier molecular flexibility index (Phi) is 5.67. The quantitative estimate of drug-likeness (QED) is 0.759. The zero-order valence-corrected chi connectivity index (χ0v) is 12.8. The van der Waals surface area contributed by atoms with Crippen LogP contribution < -0.4 is 5.32 Å². The number of hydrogen-bond donors (Lipinski definition) is 2. The van der Waals surface area contributed by atoms with Gasteiger partial charge in [-0.1, -0.05) is 43.2 Å². The summed E-state index contributed by atoms with van der Waals surface area (Å²) in [6.45, 7) is 0.519. The van der Waals surface area contributed by atoms with Crippen LogP contribution in [0, 0.1) is 0 Å². The lowest BCUT2D eigenvalue weighted by Gasteiger charge is -2.28. The molecule has 0 aliphatic heterocycles. The third-order valence-corrected chi connectivity index (χ3v) is 4.92. The average Bonchev–Trinajstić information content (AvgIpc) is 2.98. The standard InChI is InChI=1S/C16H21NO3S/c18-14(19)12-21-11-10-17-15(20)16(8-4-5-9-16)13-6-2-1-3-7-13/h1-3,6-7H,4-5,8-12H2,(H,17,20)(H,18,19). The highest BCUT2D eigenvalue weighted by Crippen LogP contribution is 2.41. The van der Waals surface area contributed by atoms with Gasteiger partial charge in [0.2, 0.25) is 5.91 Å². The second-order valence-corrected chi connectivity index (χ2v) is 6.46. The molecule has 5 heteroatoms. The lowest BCUT2D eigenvalue weighted by Crippen LogP contribution is -2.43. The lowest BCUT2D eigenvalue weighted by molar-refractivity contribution is -0.134. The smallest absolute Gasteiger partial charge is 0.313 e. The van der Waals surface area contributed by atoms with Crippen LogP contribution in [-0.4, -0.2) is 35.0 Å². The number of carbonyl (C=O) groups is 2. The summed E-state index contributed by atoms with van der Waals surface area (Å²) < 4.78 is 0. The Hall–Kier alpha value is -1.49. The number of rotatable bonds is 7. The largest absolute Gasteiger partial charge is 0.481 e. The fourth-order valence-electron chi connectivity index (χ4n) is 2.95. The fourth-order valence-corrected chi connectivity index (χ4v) is 3.51. The van der Waals surface area contributed by atoms with Crippen molar-refractivity contribution in [2.75, 3.05) is 18.1 Å². The molecule has 0 aromatic heterocycles. The minimum atomic E-state index is -0.817. The Labute approximate surface area is 129 Å². The number of amides is 1. The van der Waals surface area contributed by atoms with E-state index in [2.05, 4.69) is 5.32 Å². The molecule has 1 aliphatic rings. The molecule has 0 unspecified atom stereocenters. The third kappa shape index (κ3) is 4.00. The van der Waals surface area contributed by atoms with Crippen LogP contribution in [-0.2, 0) is 15.0 Å². The summed E-state index contributed by atoms with van der Waals surface area (Å²) >= 11 is 1.33. The van der Waals surface area contributed by atoms with Gasteiger partial charge in [0.25, 0.3) is 0 Å². The van der Waals surface area contributed by atoms with Crippen LogP contribution in [0.3, 0.4) is 0 Å². The summed E-state index contributed by atoms with van der Waals surface area (Å²) in [4.78, 5) is 23.1. The molecule has 4 nitrogen and oxygen atoms in total. The van der Waals surface area contributed by atoms with Crippen LogP contribution in [0.4, 0.5) is 0 Å². The summed E-state index contributed by atoms with van der Waals surface area (Å²) in [6, 6.07) is 9.98. The molecule has 1 aromatic carbocycles. The van der Waals surface area contributed by atoms with Crippen molar-refractivity contribution in [3.8, 4) is 0 Å². The van der Waals surface area contributed by atoms with Crippen molar-refractivity contribution in [3.63, 3.8) is 0 Å². The molecule has 0 saturated heterocycles. The molecule has 0 spiro atoms. The lowest BCUT2D eigenvalue weighted by atomic mass is 9.78. The average molecular weight is 307 g/mol.